The van der Waals surface area contributed by atoms with Crippen molar-refractivity contribution in [3.8, 4) is 0 Å². The first-order chi connectivity index (χ1) is 11.8. The van der Waals surface area contributed by atoms with Crippen molar-refractivity contribution in [1.82, 2.24) is 10.6 Å². The van der Waals surface area contributed by atoms with E-state index in [1.54, 1.807) is 11.3 Å². The molecule has 1 aromatic carbocycles. The van der Waals surface area contributed by atoms with Crippen LogP contribution in [0, 0.1) is 0 Å². The van der Waals surface area contributed by atoms with Crippen LogP contribution < -0.4 is 15.5 Å². The SMILES string of the molecule is CN=C(NCC(C)c1ccsc1)NC1CCN(c2ccccc2)C1.I. The highest BCUT2D eigenvalue weighted by Gasteiger charge is 2.23. The minimum atomic E-state index is 0. The van der Waals surface area contributed by atoms with E-state index < -0.39 is 0 Å². The van der Waals surface area contributed by atoms with Crippen molar-refractivity contribution in [3.05, 3.63) is 52.7 Å². The van der Waals surface area contributed by atoms with Crippen molar-refractivity contribution >= 4 is 47.0 Å². The Labute approximate surface area is 171 Å². The number of aliphatic imine (C=N–C) groups is 1. The first-order valence-electron chi connectivity index (χ1n) is 8.55. The van der Waals surface area contributed by atoms with Crippen molar-refractivity contribution in [2.45, 2.75) is 25.3 Å². The number of nitrogens with one attached hydrogen (secondary N) is 2. The summed E-state index contributed by atoms with van der Waals surface area (Å²) in [6.07, 6.45) is 1.13. The highest BCUT2D eigenvalue weighted by molar-refractivity contribution is 14.0. The predicted molar refractivity (Wildman–Crippen MR) is 120 cm³/mol. The molecule has 3 rings (SSSR count). The van der Waals surface area contributed by atoms with Crippen LogP contribution in [0.1, 0.15) is 24.8 Å². The molecule has 6 heteroatoms. The fourth-order valence-electron chi connectivity index (χ4n) is 3.06. The topological polar surface area (TPSA) is 39.7 Å². The Hall–Kier alpha value is -1.28. The molecule has 25 heavy (non-hydrogen) atoms. The highest BCUT2D eigenvalue weighted by atomic mass is 127. The number of rotatable bonds is 5. The molecule has 1 aliphatic heterocycles. The lowest BCUT2D eigenvalue weighted by atomic mass is 10.1. The number of hydrogen-bond acceptors (Lipinski definition) is 3. The second-order valence-corrected chi connectivity index (χ2v) is 7.10. The van der Waals surface area contributed by atoms with Crippen LogP contribution >= 0.6 is 35.3 Å². The monoisotopic (exact) mass is 470 g/mol. The molecule has 1 aromatic heterocycles. The van der Waals surface area contributed by atoms with Gasteiger partial charge in [0, 0.05) is 38.4 Å². The van der Waals surface area contributed by atoms with Gasteiger partial charge in [-0.1, -0.05) is 25.1 Å². The molecule has 2 atom stereocenters. The number of hydrogen-bond donors (Lipinski definition) is 2. The van der Waals surface area contributed by atoms with E-state index in [0.29, 0.717) is 12.0 Å². The Morgan fingerprint density at radius 1 is 1.32 bits per heavy atom. The van der Waals surface area contributed by atoms with Gasteiger partial charge in [-0.3, -0.25) is 4.99 Å². The number of para-hydroxylation sites is 1. The molecule has 0 aliphatic carbocycles. The van der Waals surface area contributed by atoms with Gasteiger partial charge in [-0.15, -0.1) is 24.0 Å². The molecule has 2 aromatic rings. The van der Waals surface area contributed by atoms with E-state index in [-0.39, 0.29) is 24.0 Å². The third kappa shape index (κ3) is 5.60. The number of benzene rings is 1. The Morgan fingerprint density at radius 3 is 2.80 bits per heavy atom. The van der Waals surface area contributed by atoms with E-state index in [1.165, 1.54) is 11.3 Å². The molecule has 0 amide bonds. The van der Waals surface area contributed by atoms with Crippen LogP contribution in [0.2, 0.25) is 0 Å². The molecule has 2 N–H and O–H groups in total. The second-order valence-electron chi connectivity index (χ2n) is 6.32. The average Bonchev–Trinajstić information content (AvgIpc) is 3.31. The van der Waals surface area contributed by atoms with Gasteiger partial charge in [0.15, 0.2) is 5.96 Å². The van der Waals surface area contributed by atoms with Gasteiger partial charge in [-0.25, -0.2) is 0 Å². The van der Waals surface area contributed by atoms with E-state index in [1.807, 2.05) is 7.05 Å². The number of thiophene rings is 1. The zero-order valence-corrected chi connectivity index (χ0v) is 18.0. The molecule has 2 unspecified atom stereocenters. The van der Waals surface area contributed by atoms with Gasteiger partial charge in [-0.05, 0) is 46.9 Å². The van der Waals surface area contributed by atoms with Gasteiger partial charge in [-0.2, -0.15) is 11.3 Å². The van der Waals surface area contributed by atoms with Gasteiger partial charge >= 0.3 is 0 Å². The summed E-state index contributed by atoms with van der Waals surface area (Å²) < 4.78 is 0. The summed E-state index contributed by atoms with van der Waals surface area (Å²) in [5.41, 5.74) is 2.69. The van der Waals surface area contributed by atoms with E-state index in [9.17, 15) is 0 Å². The molecule has 0 saturated carbocycles. The predicted octanol–water partition coefficient (Wildman–Crippen LogP) is 3.91. The third-order valence-corrected chi connectivity index (χ3v) is 5.26. The number of nitrogens with zero attached hydrogens (tertiary/aromatic N) is 2. The lowest BCUT2D eigenvalue weighted by Gasteiger charge is -2.21. The first-order valence-corrected chi connectivity index (χ1v) is 9.50. The Bertz CT molecular complexity index is 645. The Morgan fingerprint density at radius 2 is 2.12 bits per heavy atom. The molecule has 1 fully saturated rings. The van der Waals surface area contributed by atoms with Crippen molar-refractivity contribution < 1.29 is 0 Å². The number of anilines is 1. The molecular formula is C19H27IN4S. The summed E-state index contributed by atoms with van der Waals surface area (Å²) in [7, 11) is 1.84. The van der Waals surface area contributed by atoms with Crippen LogP contribution in [-0.2, 0) is 0 Å². The summed E-state index contributed by atoms with van der Waals surface area (Å²) in [6.45, 7) is 5.25. The lowest BCUT2D eigenvalue weighted by Crippen LogP contribution is -2.45. The van der Waals surface area contributed by atoms with Gasteiger partial charge in [0.25, 0.3) is 0 Å². The van der Waals surface area contributed by atoms with E-state index in [2.05, 4.69) is 74.6 Å². The maximum Gasteiger partial charge on any atom is 0.191 e. The zero-order chi connectivity index (χ0) is 16.8. The molecule has 0 radical (unpaired) electrons. The highest BCUT2D eigenvalue weighted by Crippen LogP contribution is 2.20. The molecule has 4 nitrogen and oxygen atoms in total. The maximum atomic E-state index is 4.38. The fraction of sp³-hybridized carbons (Fsp3) is 0.421. The van der Waals surface area contributed by atoms with Gasteiger partial charge in [0.1, 0.15) is 0 Å². The largest absolute Gasteiger partial charge is 0.369 e. The molecule has 1 aliphatic rings. The maximum absolute atomic E-state index is 4.38. The molecule has 136 valence electrons. The van der Waals surface area contributed by atoms with E-state index >= 15 is 0 Å². The zero-order valence-electron chi connectivity index (χ0n) is 14.8. The van der Waals surface area contributed by atoms with Crippen LogP contribution in [0.4, 0.5) is 5.69 Å². The minimum absolute atomic E-state index is 0. The Balaban J connectivity index is 0.00000225. The van der Waals surface area contributed by atoms with Crippen molar-refractivity contribution in [3.63, 3.8) is 0 Å². The standard InChI is InChI=1S/C19H26N4S.HI/c1-15(16-9-11-24-14-16)12-21-19(20-2)22-17-8-10-23(13-17)18-6-4-3-5-7-18;/h3-7,9,11,14-15,17H,8,10,12-13H2,1-2H3,(H2,20,21,22);1H. The third-order valence-electron chi connectivity index (χ3n) is 4.56. The fourth-order valence-corrected chi connectivity index (χ4v) is 3.84. The molecule has 1 saturated heterocycles. The minimum Gasteiger partial charge on any atom is -0.369 e. The summed E-state index contributed by atoms with van der Waals surface area (Å²) in [6, 6.07) is 13.3. The van der Waals surface area contributed by atoms with Crippen LogP contribution in [0.25, 0.3) is 0 Å². The first kappa shape index (κ1) is 20.0. The Kier molecular flexibility index (Phi) is 8.02. The van der Waals surface area contributed by atoms with E-state index in [4.69, 9.17) is 0 Å². The molecular weight excluding hydrogens is 443 g/mol. The summed E-state index contributed by atoms with van der Waals surface area (Å²) >= 11 is 1.75. The van der Waals surface area contributed by atoms with Crippen LogP contribution in [0.3, 0.4) is 0 Å². The van der Waals surface area contributed by atoms with Crippen molar-refractivity contribution in [2.75, 3.05) is 31.6 Å². The quantitative estimate of drug-likeness (QED) is 0.396. The smallest absolute Gasteiger partial charge is 0.191 e. The molecule has 2 heterocycles. The number of halogens is 1. The normalized spacial score (nSPS) is 18.6. The van der Waals surface area contributed by atoms with Gasteiger partial charge in [0.05, 0.1) is 0 Å². The average molecular weight is 470 g/mol. The van der Waals surface area contributed by atoms with Crippen LogP contribution in [0.5, 0.6) is 0 Å². The summed E-state index contributed by atoms with van der Waals surface area (Å²) in [5, 5.41) is 11.4. The van der Waals surface area contributed by atoms with Crippen molar-refractivity contribution in [1.29, 1.82) is 0 Å². The van der Waals surface area contributed by atoms with Crippen molar-refractivity contribution in [2.24, 2.45) is 4.99 Å². The number of guanidine groups is 1. The van der Waals surface area contributed by atoms with Gasteiger partial charge < -0.3 is 15.5 Å². The molecule has 0 bridgehead atoms. The second kappa shape index (κ2) is 10.0. The van der Waals surface area contributed by atoms with Crippen LogP contribution in [-0.4, -0.2) is 38.7 Å². The molecule has 0 spiro atoms. The lowest BCUT2D eigenvalue weighted by molar-refractivity contribution is 0.634. The van der Waals surface area contributed by atoms with E-state index in [0.717, 1.165) is 32.0 Å². The summed E-state index contributed by atoms with van der Waals surface area (Å²) in [4.78, 5) is 6.81. The summed E-state index contributed by atoms with van der Waals surface area (Å²) in [5.74, 6) is 1.39. The van der Waals surface area contributed by atoms with Crippen LogP contribution in [0.15, 0.2) is 52.2 Å². The van der Waals surface area contributed by atoms with Gasteiger partial charge in [0.2, 0.25) is 0 Å².